The summed E-state index contributed by atoms with van der Waals surface area (Å²) in [5, 5.41) is 2.71. The number of nitrogens with one attached hydrogen (secondary N) is 1. The first-order valence-electron chi connectivity index (χ1n) is 11.5. The molecule has 0 fully saturated rings. The zero-order chi connectivity index (χ0) is 24.6. The highest BCUT2D eigenvalue weighted by atomic mass is 16.5. The Morgan fingerprint density at radius 3 is 2.61 bits per heavy atom. The predicted octanol–water partition coefficient (Wildman–Crippen LogP) is 3.33. The Labute approximate surface area is 195 Å². The van der Waals surface area contributed by atoms with Crippen molar-refractivity contribution in [2.45, 2.75) is 60.5 Å². The highest BCUT2D eigenvalue weighted by Crippen LogP contribution is 2.39. The lowest BCUT2D eigenvalue weighted by Gasteiger charge is -2.32. The van der Waals surface area contributed by atoms with Crippen LogP contribution < -0.4 is 11.1 Å². The van der Waals surface area contributed by atoms with Crippen molar-refractivity contribution in [3.05, 3.63) is 46.4 Å². The second kappa shape index (κ2) is 11.9. The Morgan fingerprint density at radius 1 is 1.21 bits per heavy atom. The average Bonchev–Trinajstić information content (AvgIpc) is 2.98. The van der Waals surface area contributed by atoms with Gasteiger partial charge in [0, 0.05) is 36.7 Å². The third-order valence-electron chi connectivity index (χ3n) is 5.17. The van der Waals surface area contributed by atoms with Gasteiger partial charge in [0.1, 0.15) is 0 Å². The van der Waals surface area contributed by atoms with Crippen LogP contribution in [0.25, 0.3) is 5.57 Å². The Bertz CT molecular complexity index is 963. The van der Waals surface area contributed by atoms with Gasteiger partial charge >= 0.3 is 5.97 Å². The van der Waals surface area contributed by atoms with E-state index in [1.54, 1.807) is 19.1 Å². The van der Waals surface area contributed by atoms with E-state index in [1.165, 1.54) is 6.20 Å². The van der Waals surface area contributed by atoms with Crippen molar-refractivity contribution in [3.63, 3.8) is 0 Å². The number of hydrogen-bond acceptors (Lipinski definition) is 7. The van der Waals surface area contributed by atoms with Gasteiger partial charge in [0.25, 0.3) is 0 Å². The fourth-order valence-corrected chi connectivity index (χ4v) is 3.94. The number of fused-ring (bicyclic) bond motifs is 1. The van der Waals surface area contributed by atoms with Gasteiger partial charge < -0.3 is 20.5 Å². The van der Waals surface area contributed by atoms with Crippen LogP contribution in [0, 0.1) is 5.41 Å². The van der Waals surface area contributed by atoms with Gasteiger partial charge in [-0.25, -0.2) is 4.79 Å². The van der Waals surface area contributed by atoms with Crippen LogP contribution in [0.5, 0.6) is 0 Å². The van der Waals surface area contributed by atoms with Gasteiger partial charge in [0.2, 0.25) is 5.91 Å². The van der Waals surface area contributed by atoms with Gasteiger partial charge in [-0.1, -0.05) is 39.8 Å². The molecule has 0 unspecified atom stereocenters. The summed E-state index contributed by atoms with van der Waals surface area (Å²) in [4.78, 5) is 42.8. The van der Waals surface area contributed by atoms with E-state index in [0.717, 1.165) is 0 Å². The minimum atomic E-state index is -0.582. The Balaban J connectivity index is 0.00000187. The third-order valence-corrected chi connectivity index (χ3v) is 5.17. The normalized spacial score (nSPS) is 16.6. The number of aromatic nitrogens is 1. The number of allylic oxidation sites excluding steroid dienone is 2. The van der Waals surface area contributed by atoms with E-state index in [-0.39, 0.29) is 42.3 Å². The van der Waals surface area contributed by atoms with E-state index < -0.39 is 5.97 Å². The molecular formula is C25H35N3O5. The van der Waals surface area contributed by atoms with Crippen molar-refractivity contribution in [1.82, 2.24) is 10.3 Å². The fraction of sp³-hybridized carbons (Fsp3) is 0.520. The molecule has 8 nitrogen and oxygen atoms in total. The molecule has 0 saturated carbocycles. The molecule has 1 aromatic heterocycles. The highest BCUT2D eigenvalue weighted by molar-refractivity contribution is 6.09. The van der Waals surface area contributed by atoms with E-state index >= 15 is 0 Å². The van der Waals surface area contributed by atoms with Gasteiger partial charge in [0.15, 0.2) is 5.78 Å². The van der Waals surface area contributed by atoms with Gasteiger partial charge in [-0.05, 0) is 24.3 Å². The Hall–Kier alpha value is -2.84. The molecule has 33 heavy (non-hydrogen) atoms. The van der Waals surface area contributed by atoms with E-state index in [9.17, 15) is 14.4 Å². The lowest BCUT2D eigenvalue weighted by Crippen LogP contribution is -2.31. The van der Waals surface area contributed by atoms with Crippen LogP contribution in [-0.2, 0) is 27.3 Å². The van der Waals surface area contributed by atoms with Crippen LogP contribution in [0.3, 0.4) is 0 Å². The first-order valence-corrected chi connectivity index (χ1v) is 11.5. The van der Waals surface area contributed by atoms with Crippen LogP contribution in [-0.4, -0.2) is 42.4 Å². The number of ketones is 1. The van der Waals surface area contributed by atoms with Gasteiger partial charge in [-0.2, -0.15) is 0 Å². The molecule has 3 N–H and O–H groups in total. The average molecular weight is 458 g/mol. The summed E-state index contributed by atoms with van der Waals surface area (Å²) in [5.74, 6) is -0.842. The van der Waals surface area contributed by atoms with Crippen LogP contribution >= 0.6 is 0 Å². The van der Waals surface area contributed by atoms with E-state index in [1.807, 2.05) is 27.7 Å². The predicted molar refractivity (Wildman–Crippen MR) is 127 cm³/mol. The maximum absolute atomic E-state index is 13.2. The van der Waals surface area contributed by atoms with Crippen molar-refractivity contribution in [2.75, 3.05) is 19.8 Å². The van der Waals surface area contributed by atoms with Gasteiger partial charge in [0.05, 0.1) is 36.8 Å². The smallest absolute Gasteiger partial charge is 0.340 e. The van der Waals surface area contributed by atoms with Crippen LogP contribution in [0.15, 0.2) is 18.4 Å². The molecule has 8 heteroatoms. The molecule has 3 rings (SSSR count). The van der Waals surface area contributed by atoms with Crippen molar-refractivity contribution in [2.24, 2.45) is 11.1 Å². The molecule has 0 radical (unpaired) electrons. The molecule has 0 aromatic carbocycles. The molecule has 1 amide bonds. The monoisotopic (exact) mass is 457 g/mol. The fourth-order valence-electron chi connectivity index (χ4n) is 3.94. The molecule has 0 spiro atoms. The number of carbonyl (C=O) groups is 3. The number of nitrogens with zero attached hydrogens (tertiary/aromatic N) is 1. The lowest BCUT2D eigenvalue weighted by molar-refractivity contribution is -0.119. The number of nitrogens with two attached hydrogens (primary N) is 1. The number of Topliss-reactive ketones (excluding diaryl/α,β-unsaturated/α-hetero) is 1. The summed E-state index contributed by atoms with van der Waals surface area (Å²) in [6, 6.07) is 0. The second-order valence-electron chi connectivity index (χ2n) is 8.41. The molecule has 1 aliphatic heterocycles. The van der Waals surface area contributed by atoms with Gasteiger partial charge in [-0.3, -0.25) is 14.6 Å². The number of rotatable bonds is 7. The summed E-state index contributed by atoms with van der Waals surface area (Å²) in [5.41, 5.74) is 7.91. The maximum atomic E-state index is 13.2. The molecule has 2 aliphatic rings. The lowest BCUT2D eigenvalue weighted by atomic mass is 9.73. The zero-order valence-electron chi connectivity index (χ0n) is 20.2. The van der Waals surface area contributed by atoms with E-state index in [0.29, 0.717) is 54.1 Å². The Kier molecular flexibility index (Phi) is 9.49. The maximum Gasteiger partial charge on any atom is 0.340 e. The number of carbonyl (C=O) groups excluding carboxylic acids is 3. The molecule has 180 valence electrons. The SMILES string of the molecule is CC.CCOC(=O)c1c(COCCN)nc2c(c1C1=CNC(=O)CC=C1)C(=O)CC(C)(C)C2. The molecule has 0 saturated heterocycles. The van der Waals surface area contributed by atoms with Crippen LogP contribution in [0.2, 0.25) is 0 Å². The molecule has 0 bridgehead atoms. The summed E-state index contributed by atoms with van der Waals surface area (Å²) >= 11 is 0. The number of pyridine rings is 1. The molecule has 2 heterocycles. The van der Waals surface area contributed by atoms with Crippen molar-refractivity contribution >= 4 is 23.2 Å². The first kappa shape index (κ1) is 26.4. The summed E-state index contributed by atoms with van der Waals surface area (Å²) in [7, 11) is 0. The standard InChI is InChI=1S/C23H29N3O5.C2H6/c1-4-31-22(29)21-16(13-30-9-8-24)26-15-10-23(2,3)11-17(27)20(15)19(21)14-6-5-7-18(28)25-12-14;1-2/h5-6,12H,4,7-11,13,24H2,1-3H3,(H,25,28);1-2H3. The van der Waals surface area contributed by atoms with Gasteiger partial charge in [-0.15, -0.1) is 0 Å². The summed E-state index contributed by atoms with van der Waals surface area (Å²) in [6.45, 7) is 10.6. The van der Waals surface area contributed by atoms with Crippen LogP contribution in [0.4, 0.5) is 0 Å². The minimum Gasteiger partial charge on any atom is -0.462 e. The number of esters is 1. The molecule has 1 aliphatic carbocycles. The van der Waals surface area contributed by atoms with E-state index in [4.69, 9.17) is 20.2 Å². The number of ether oxygens (including phenoxy) is 2. The van der Waals surface area contributed by atoms with E-state index in [2.05, 4.69) is 5.32 Å². The van der Waals surface area contributed by atoms with Crippen molar-refractivity contribution in [3.8, 4) is 0 Å². The Morgan fingerprint density at radius 2 is 1.94 bits per heavy atom. The molecule has 0 atom stereocenters. The third kappa shape index (κ3) is 6.36. The summed E-state index contributed by atoms with van der Waals surface area (Å²) < 4.78 is 10.9. The minimum absolute atomic E-state index is 0.0591. The number of hydrogen-bond donors (Lipinski definition) is 2. The summed E-state index contributed by atoms with van der Waals surface area (Å²) in [6.07, 6.45) is 6.10. The highest BCUT2D eigenvalue weighted by Gasteiger charge is 2.37. The van der Waals surface area contributed by atoms with Crippen LogP contribution in [0.1, 0.15) is 85.1 Å². The first-order chi connectivity index (χ1) is 15.8. The molecule has 1 aromatic rings. The quantitative estimate of drug-likeness (QED) is 0.476. The topological polar surface area (TPSA) is 121 Å². The zero-order valence-corrected chi connectivity index (χ0v) is 20.2. The number of amides is 1. The second-order valence-corrected chi connectivity index (χ2v) is 8.41. The molecular weight excluding hydrogens is 422 g/mol. The largest absolute Gasteiger partial charge is 0.462 e. The van der Waals surface area contributed by atoms with Crippen molar-refractivity contribution < 1.29 is 23.9 Å². The van der Waals surface area contributed by atoms with Crippen molar-refractivity contribution in [1.29, 1.82) is 0 Å².